The second kappa shape index (κ2) is 6.69. The number of tetrazole rings is 1. The summed E-state index contributed by atoms with van der Waals surface area (Å²) in [7, 11) is -2.55. The first-order chi connectivity index (χ1) is 12.0. The van der Waals surface area contributed by atoms with Crippen LogP contribution in [0.5, 0.6) is 5.75 Å². The molecule has 10 heteroatoms. The molecule has 0 aliphatic carbocycles. The SMILES string of the molecule is CNC(=O)c1ccc(S(=O)(=O)Oc2cccc(-n3cnnn3)c2)cc1. The number of hydrogen-bond donors (Lipinski definition) is 1. The van der Waals surface area contributed by atoms with Crippen molar-refractivity contribution in [3.8, 4) is 11.4 Å². The van der Waals surface area contributed by atoms with E-state index < -0.39 is 10.1 Å². The molecule has 1 aromatic heterocycles. The summed E-state index contributed by atoms with van der Waals surface area (Å²) >= 11 is 0. The normalized spacial score (nSPS) is 11.1. The Morgan fingerprint density at radius 3 is 2.56 bits per heavy atom. The van der Waals surface area contributed by atoms with Crippen LogP contribution >= 0.6 is 0 Å². The molecule has 1 amide bonds. The lowest BCUT2D eigenvalue weighted by Crippen LogP contribution is -2.18. The Bertz CT molecular complexity index is 985. The smallest absolute Gasteiger partial charge is 0.339 e. The van der Waals surface area contributed by atoms with Gasteiger partial charge in [0.05, 0.1) is 5.69 Å². The first-order valence-electron chi connectivity index (χ1n) is 7.10. The van der Waals surface area contributed by atoms with Gasteiger partial charge in [-0.2, -0.15) is 8.42 Å². The molecular weight excluding hydrogens is 346 g/mol. The summed E-state index contributed by atoms with van der Waals surface area (Å²) < 4.78 is 31.3. The van der Waals surface area contributed by atoms with Crippen LogP contribution in [0.3, 0.4) is 0 Å². The van der Waals surface area contributed by atoms with E-state index in [0.717, 1.165) is 0 Å². The Hall–Kier alpha value is -3.27. The molecule has 0 atom stereocenters. The molecule has 0 aliphatic rings. The van der Waals surface area contributed by atoms with E-state index in [1.165, 1.54) is 54.5 Å². The van der Waals surface area contributed by atoms with Crippen molar-refractivity contribution in [2.75, 3.05) is 7.05 Å². The molecule has 3 aromatic rings. The molecule has 1 heterocycles. The van der Waals surface area contributed by atoms with Crippen LogP contribution in [-0.4, -0.2) is 41.6 Å². The lowest BCUT2D eigenvalue weighted by atomic mass is 10.2. The lowest BCUT2D eigenvalue weighted by Gasteiger charge is -2.09. The van der Waals surface area contributed by atoms with Gasteiger partial charge >= 0.3 is 10.1 Å². The summed E-state index contributed by atoms with van der Waals surface area (Å²) in [5.74, 6) is -0.192. The van der Waals surface area contributed by atoms with E-state index in [1.807, 2.05) is 0 Å². The summed E-state index contributed by atoms with van der Waals surface area (Å²) in [6.07, 6.45) is 1.38. The quantitative estimate of drug-likeness (QED) is 0.669. The molecule has 0 bridgehead atoms. The Morgan fingerprint density at radius 2 is 1.92 bits per heavy atom. The summed E-state index contributed by atoms with van der Waals surface area (Å²) in [5, 5.41) is 13.2. The molecule has 0 aliphatic heterocycles. The van der Waals surface area contributed by atoms with Gasteiger partial charge in [0.1, 0.15) is 17.0 Å². The van der Waals surface area contributed by atoms with Crippen molar-refractivity contribution in [3.63, 3.8) is 0 Å². The van der Waals surface area contributed by atoms with Crippen molar-refractivity contribution < 1.29 is 17.4 Å². The van der Waals surface area contributed by atoms with Crippen molar-refractivity contribution in [3.05, 3.63) is 60.4 Å². The van der Waals surface area contributed by atoms with Crippen molar-refractivity contribution in [1.29, 1.82) is 0 Å². The molecule has 25 heavy (non-hydrogen) atoms. The van der Waals surface area contributed by atoms with Gasteiger partial charge in [-0.3, -0.25) is 4.79 Å². The number of nitrogens with one attached hydrogen (secondary N) is 1. The van der Waals surface area contributed by atoms with Gasteiger partial charge in [-0.05, 0) is 46.8 Å². The van der Waals surface area contributed by atoms with Crippen molar-refractivity contribution >= 4 is 16.0 Å². The largest absolute Gasteiger partial charge is 0.379 e. The molecule has 9 nitrogen and oxygen atoms in total. The number of carbonyl (C=O) groups excluding carboxylic acids is 1. The molecule has 0 unspecified atom stereocenters. The molecular formula is C15H13N5O4S. The Kier molecular flexibility index (Phi) is 4.44. The number of rotatable bonds is 5. The summed E-state index contributed by atoms with van der Waals surface area (Å²) in [6, 6.07) is 11.8. The number of aromatic nitrogens is 4. The molecule has 0 spiro atoms. The number of carbonyl (C=O) groups is 1. The summed E-state index contributed by atoms with van der Waals surface area (Å²) in [6.45, 7) is 0. The molecule has 0 saturated heterocycles. The van der Waals surface area contributed by atoms with Gasteiger partial charge in [0.2, 0.25) is 0 Å². The molecule has 0 saturated carbocycles. The van der Waals surface area contributed by atoms with Gasteiger partial charge in [-0.15, -0.1) is 5.10 Å². The Labute approximate surface area is 143 Å². The molecule has 0 radical (unpaired) electrons. The van der Waals surface area contributed by atoms with Crippen molar-refractivity contribution in [2.24, 2.45) is 0 Å². The predicted molar refractivity (Wildman–Crippen MR) is 86.8 cm³/mol. The minimum absolute atomic E-state index is 0.0621. The number of amides is 1. The van der Waals surface area contributed by atoms with Crippen LogP contribution in [0.2, 0.25) is 0 Å². The van der Waals surface area contributed by atoms with Crippen LogP contribution in [-0.2, 0) is 10.1 Å². The number of hydrogen-bond acceptors (Lipinski definition) is 7. The molecule has 3 rings (SSSR count). The van der Waals surface area contributed by atoms with Crippen LogP contribution in [0.1, 0.15) is 10.4 Å². The van der Waals surface area contributed by atoms with E-state index >= 15 is 0 Å². The van der Waals surface area contributed by atoms with Gasteiger partial charge in [-0.25, -0.2) is 4.68 Å². The minimum Gasteiger partial charge on any atom is -0.379 e. The second-order valence-corrected chi connectivity index (χ2v) is 6.44. The van der Waals surface area contributed by atoms with Crippen molar-refractivity contribution in [2.45, 2.75) is 4.90 Å². The fraction of sp³-hybridized carbons (Fsp3) is 0.0667. The fourth-order valence-corrected chi connectivity index (χ4v) is 2.97. The second-order valence-electron chi connectivity index (χ2n) is 4.89. The van der Waals surface area contributed by atoms with E-state index in [9.17, 15) is 13.2 Å². The van der Waals surface area contributed by atoms with Crippen LogP contribution in [0.4, 0.5) is 0 Å². The summed E-state index contributed by atoms with van der Waals surface area (Å²) in [5.41, 5.74) is 0.898. The van der Waals surface area contributed by atoms with Crippen molar-refractivity contribution in [1.82, 2.24) is 25.5 Å². The maximum Gasteiger partial charge on any atom is 0.339 e. The van der Waals surface area contributed by atoms with E-state index in [-0.39, 0.29) is 16.6 Å². The third-order valence-corrected chi connectivity index (χ3v) is 4.53. The predicted octanol–water partition coefficient (Wildman–Crippen LogP) is 0.790. The third-order valence-electron chi connectivity index (χ3n) is 3.27. The highest BCUT2D eigenvalue weighted by atomic mass is 32.2. The van der Waals surface area contributed by atoms with Crippen LogP contribution in [0.15, 0.2) is 59.8 Å². The zero-order chi connectivity index (χ0) is 17.9. The minimum atomic E-state index is -4.04. The van der Waals surface area contributed by atoms with E-state index in [2.05, 4.69) is 20.8 Å². The zero-order valence-corrected chi connectivity index (χ0v) is 13.8. The highest BCUT2D eigenvalue weighted by Crippen LogP contribution is 2.21. The van der Waals surface area contributed by atoms with Gasteiger partial charge in [0, 0.05) is 18.7 Å². The van der Waals surface area contributed by atoms with Gasteiger partial charge in [0.25, 0.3) is 5.91 Å². The van der Waals surface area contributed by atoms with Crippen LogP contribution < -0.4 is 9.50 Å². The topological polar surface area (TPSA) is 116 Å². The van der Waals surface area contributed by atoms with Gasteiger partial charge in [0.15, 0.2) is 0 Å². The van der Waals surface area contributed by atoms with Gasteiger partial charge in [-0.1, -0.05) is 6.07 Å². The average molecular weight is 359 g/mol. The Morgan fingerprint density at radius 1 is 1.16 bits per heavy atom. The number of benzene rings is 2. The standard InChI is InChI=1S/C15H13N5O4S/c1-16-15(21)11-5-7-14(8-6-11)25(22,23)24-13-4-2-3-12(9-13)20-10-17-18-19-20/h2-10H,1H3,(H,16,21). The zero-order valence-electron chi connectivity index (χ0n) is 13.0. The maximum atomic E-state index is 12.4. The highest BCUT2D eigenvalue weighted by molar-refractivity contribution is 7.87. The fourth-order valence-electron chi connectivity index (χ4n) is 2.05. The molecule has 1 N–H and O–H groups in total. The summed E-state index contributed by atoms with van der Waals surface area (Å²) in [4.78, 5) is 11.4. The van der Waals surface area contributed by atoms with Crippen LogP contribution in [0, 0.1) is 0 Å². The first kappa shape index (κ1) is 16.6. The highest BCUT2D eigenvalue weighted by Gasteiger charge is 2.17. The molecule has 128 valence electrons. The Balaban J connectivity index is 1.84. The monoisotopic (exact) mass is 359 g/mol. The van der Waals surface area contributed by atoms with E-state index in [4.69, 9.17) is 4.18 Å². The number of nitrogens with zero attached hydrogens (tertiary/aromatic N) is 4. The van der Waals surface area contributed by atoms with E-state index in [1.54, 1.807) is 12.1 Å². The maximum absolute atomic E-state index is 12.4. The molecule has 0 fully saturated rings. The first-order valence-corrected chi connectivity index (χ1v) is 8.50. The van der Waals surface area contributed by atoms with E-state index in [0.29, 0.717) is 11.3 Å². The van der Waals surface area contributed by atoms with Gasteiger partial charge < -0.3 is 9.50 Å². The third kappa shape index (κ3) is 3.63. The average Bonchev–Trinajstić information content (AvgIpc) is 3.16. The van der Waals surface area contributed by atoms with Crippen LogP contribution in [0.25, 0.3) is 5.69 Å². The lowest BCUT2D eigenvalue weighted by molar-refractivity contribution is 0.0963. The molecule has 2 aromatic carbocycles.